The third-order valence-corrected chi connectivity index (χ3v) is 4.51. The van der Waals surface area contributed by atoms with Gasteiger partial charge in [-0.2, -0.15) is 0 Å². The smallest absolute Gasteiger partial charge is 0.305 e. The first kappa shape index (κ1) is 26.4. The van der Waals surface area contributed by atoms with E-state index in [0.717, 1.165) is 32.1 Å². The molecule has 0 radical (unpaired) electrons. The Labute approximate surface area is 171 Å². The van der Waals surface area contributed by atoms with E-state index in [-0.39, 0.29) is 25.7 Å². The number of rotatable bonds is 20. The van der Waals surface area contributed by atoms with Gasteiger partial charge in [0.2, 0.25) is 6.41 Å². The molecule has 0 unspecified atom stereocenters. The number of amides is 1. The molecule has 0 aliphatic carbocycles. The lowest BCUT2D eigenvalue weighted by molar-refractivity contribution is -0.144. The van der Waals surface area contributed by atoms with E-state index < -0.39 is 0 Å². The van der Waals surface area contributed by atoms with Crippen LogP contribution in [-0.2, 0) is 14.3 Å². The third-order valence-electron chi connectivity index (χ3n) is 4.51. The molecule has 1 amide bonds. The van der Waals surface area contributed by atoms with Crippen LogP contribution in [-0.4, -0.2) is 48.7 Å². The van der Waals surface area contributed by atoms with Crippen LogP contribution in [0.15, 0.2) is 24.3 Å². The summed E-state index contributed by atoms with van der Waals surface area (Å²) in [7, 11) is 0. The van der Waals surface area contributed by atoms with E-state index in [2.05, 4.69) is 31.2 Å². The van der Waals surface area contributed by atoms with Gasteiger partial charge in [0.15, 0.2) is 0 Å². The Morgan fingerprint density at radius 1 is 0.893 bits per heavy atom. The predicted molar refractivity (Wildman–Crippen MR) is 115 cm³/mol. The largest absolute Gasteiger partial charge is 0.464 e. The quantitative estimate of drug-likeness (QED) is 0.139. The van der Waals surface area contributed by atoms with E-state index in [4.69, 9.17) is 9.84 Å². The van der Waals surface area contributed by atoms with Gasteiger partial charge in [0.1, 0.15) is 6.61 Å². The summed E-state index contributed by atoms with van der Waals surface area (Å²) in [5.41, 5.74) is 0. The van der Waals surface area contributed by atoms with Crippen LogP contribution in [0.3, 0.4) is 0 Å². The number of hydrogen-bond acceptors (Lipinski definition) is 4. The minimum Gasteiger partial charge on any atom is -0.464 e. The van der Waals surface area contributed by atoms with Crippen molar-refractivity contribution >= 4 is 12.4 Å². The van der Waals surface area contributed by atoms with Crippen LogP contribution >= 0.6 is 0 Å². The van der Waals surface area contributed by atoms with E-state index in [9.17, 15) is 9.59 Å². The van der Waals surface area contributed by atoms with Crippen molar-refractivity contribution in [3.63, 3.8) is 0 Å². The zero-order valence-corrected chi connectivity index (χ0v) is 17.8. The Balaban J connectivity index is 3.39. The Morgan fingerprint density at radius 3 is 2.18 bits per heavy atom. The number of aliphatic hydroxyl groups is 1. The van der Waals surface area contributed by atoms with Crippen LogP contribution in [0.5, 0.6) is 0 Å². The lowest BCUT2D eigenvalue weighted by Gasteiger charge is -2.15. The van der Waals surface area contributed by atoms with Gasteiger partial charge in [-0.1, -0.05) is 63.3 Å². The summed E-state index contributed by atoms with van der Waals surface area (Å²) >= 11 is 0. The molecule has 28 heavy (non-hydrogen) atoms. The van der Waals surface area contributed by atoms with Crippen molar-refractivity contribution in [2.45, 2.75) is 84.0 Å². The SMILES string of the molecule is CCCCCC=CCC=CCCCCCCCC(=O)OCCN(C=O)CCO. The molecule has 0 aliphatic heterocycles. The Bertz CT molecular complexity index is 421. The second-order valence-corrected chi connectivity index (χ2v) is 7.07. The van der Waals surface area contributed by atoms with Gasteiger partial charge in [-0.15, -0.1) is 0 Å². The predicted octanol–water partition coefficient (Wildman–Crippen LogP) is 4.79. The van der Waals surface area contributed by atoms with Gasteiger partial charge in [-0.05, 0) is 38.5 Å². The van der Waals surface area contributed by atoms with Gasteiger partial charge in [0.25, 0.3) is 0 Å². The molecule has 0 saturated heterocycles. The van der Waals surface area contributed by atoms with Gasteiger partial charge in [0, 0.05) is 13.0 Å². The minimum absolute atomic E-state index is 0.0847. The topological polar surface area (TPSA) is 66.8 Å². The van der Waals surface area contributed by atoms with E-state index in [1.54, 1.807) is 0 Å². The van der Waals surface area contributed by atoms with Crippen LogP contribution in [0, 0.1) is 0 Å². The summed E-state index contributed by atoms with van der Waals surface area (Å²) in [5.74, 6) is -0.208. The molecule has 0 saturated carbocycles. The van der Waals surface area contributed by atoms with Crippen LogP contribution in [0.25, 0.3) is 0 Å². The molecular weight excluding hydrogens is 354 g/mol. The highest BCUT2D eigenvalue weighted by molar-refractivity contribution is 5.69. The molecule has 0 aromatic carbocycles. The third kappa shape index (κ3) is 19.2. The van der Waals surface area contributed by atoms with E-state index in [0.29, 0.717) is 19.4 Å². The fraction of sp³-hybridized carbons (Fsp3) is 0.739. The molecule has 0 spiro atoms. The molecule has 1 N–H and O–H groups in total. The van der Waals surface area contributed by atoms with Gasteiger partial charge in [0.05, 0.1) is 13.2 Å². The molecular formula is C23H41NO4. The molecule has 0 aliphatic rings. The Hall–Kier alpha value is -1.62. The monoisotopic (exact) mass is 395 g/mol. The van der Waals surface area contributed by atoms with Gasteiger partial charge >= 0.3 is 5.97 Å². The fourth-order valence-corrected chi connectivity index (χ4v) is 2.78. The fourth-order valence-electron chi connectivity index (χ4n) is 2.78. The average Bonchev–Trinajstić information content (AvgIpc) is 2.70. The van der Waals surface area contributed by atoms with Gasteiger partial charge < -0.3 is 14.7 Å². The van der Waals surface area contributed by atoms with Crippen LogP contribution in [0.2, 0.25) is 0 Å². The molecule has 162 valence electrons. The zero-order valence-electron chi connectivity index (χ0n) is 17.8. The standard InChI is InChI=1S/C23H41NO4/c1-2-3-4-5-6-7-8-9-10-11-12-13-14-15-16-17-23(27)28-21-19-24(22-26)18-20-25/h6-7,9-10,22,25H,2-5,8,11-21H2,1H3. The normalized spacial score (nSPS) is 11.4. The highest BCUT2D eigenvalue weighted by Crippen LogP contribution is 2.08. The Kier molecular flexibility index (Phi) is 20.4. The molecule has 0 atom stereocenters. The molecule has 5 nitrogen and oxygen atoms in total. The lowest BCUT2D eigenvalue weighted by Crippen LogP contribution is -2.29. The van der Waals surface area contributed by atoms with Crippen molar-refractivity contribution < 1.29 is 19.4 Å². The number of carbonyl (C=O) groups excluding carboxylic acids is 2. The molecule has 0 rings (SSSR count). The van der Waals surface area contributed by atoms with Crippen molar-refractivity contribution in [1.82, 2.24) is 4.90 Å². The highest BCUT2D eigenvalue weighted by atomic mass is 16.5. The molecule has 0 fully saturated rings. The zero-order chi connectivity index (χ0) is 20.7. The molecule has 0 heterocycles. The number of nitrogens with zero attached hydrogens (tertiary/aromatic N) is 1. The maximum absolute atomic E-state index is 11.6. The number of ether oxygens (including phenoxy) is 1. The molecule has 0 aromatic heterocycles. The average molecular weight is 396 g/mol. The summed E-state index contributed by atoms with van der Waals surface area (Å²) < 4.78 is 5.10. The summed E-state index contributed by atoms with van der Waals surface area (Å²) in [4.78, 5) is 23.7. The van der Waals surface area contributed by atoms with Crippen molar-refractivity contribution in [2.24, 2.45) is 0 Å². The number of aliphatic hydroxyl groups excluding tert-OH is 1. The van der Waals surface area contributed by atoms with E-state index >= 15 is 0 Å². The lowest BCUT2D eigenvalue weighted by atomic mass is 10.1. The van der Waals surface area contributed by atoms with Crippen LogP contribution < -0.4 is 0 Å². The van der Waals surface area contributed by atoms with Crippen molar-refractivity contribution in [1.29, 1.82) is 0 Å². The highest BCUT2D eigenvalue weighted by Gasteiger charge is 2.05. The molecule has 0 aromatic rings. The maximum Gasteiger partial charge on any atom is 0.305 e. The Morgan fingerprint density at radius 2 is 1.54 bits per heavy atom. The summed E-state index contributed by atoms with van der Waals surface area (Å²) in [6, 6.07) is 0. The van der Waals surface area contributed by atoms with Crippen molar-refractivity contribution in [2.75, 3.05) is 26.3 Å². The molecule has 5 heteroatoms. The van der Waals surface area contributed by atoms with Gasteiger partial charge in [-0.25, -0.2) is 0 Å². The number of allylic oxidation sites excluding steroid dienone is 4. The summed E-state index contributed by atoms with van der Waals surface area (Å²) in [6.45, 7) is 2.94. The molecule has 0 bridgehead atoms. The first-order valence-electron chi connectivity index (χ1n) is 11.0. The van der Waals surface area contributed by atoms with Crippen LogP contribution in [0.1, 0.15) is 84.0 Å². The maximum atomic E-state index is 11.6. The minimum atomic E-state index is -0.208. The number of hydrogen-bond donors (Lipinski definition) is 1. The van der Waals surface area contributed by atoms with Crippen molar-refractivity contribution in [3.05, 3.63) is 24.3 Å². The number of unbranched alkanes of at least 4 members (excludes halogenated alkanes) is 8. The first-order chi connectivity index (χ1) is 13.7. The summed E-state index contributed by atoms with van der Waals surface area (Å²) in [5, 5.41) is 8.76. The summed E-state index contributed by atoms with van der Waals surface area (Å²) in [6.07, 6.45) is 22.9. The number of carbonyl (C=O) groups is 2. The number of esters is 1. The first-order valence-corrected chi connectivity index (χ1v) is 11.0. The second-order valence-electron chi connectivity index (χ2n) is 7.07. The second kappa shape index (κ2) is 21.7. The van der Waals surface area contributed by atoms with Crippen molar-refractivity contribution in [3.8, 4) is 0 Å². The van der Waals surface area contributed by atoms with Crippen LogP contribution in [0.4, 0.5) is 0 Å². The van der Waals surface area contributed by atoms with E-state index in [1.807, 2.05) is 0 Å². The van der Waals surface area contributed by atoms with E-state index in [1.165, 1.54) is 43.4 Å². The van der Waals surface area contributed by atoms with Gasteiger partial charge in [-0.3, -0.25) is 9.59 Å².